The maximum atomic E-state index is 10.2. The summed E-state index contributed by atoms with van der Waals surface area (Å²) in [5, 5.41) is 14.8. The molecule has 12 atom stereocenters. The average Bonchev–Trinajstić information content (AvgIpc) is 3.17. The molecule has 0 aliphatic rings. The van der Waals surface area contributed by atoms with E-state index in [2.05, 4.69) is 123 Å². The van der Waals surface area contributed by atoms with Gasteiger partial charge in [-0.1, -0.05) is 76.2 Å². The minimum absolute atomic E-state index is 0.219. The summed E-state index contributed by atoms with van der Waals surface area (Å²) < 4.78 is 14.9. The van der Waals surface area contributed by atoms with Crippen LogP contribution in [0.5, 0.6) is 0 Å². The van der Waals surface area contributed by atoms with E-state index in [1.807, 2.05) is 30.4 Å². The first-order valence-electron chi connectivity index (χ1n) is 22.7. The first-order chi connectivity index (χ1) is 27.7. The largest absolute Gasteiger partial charge is 0.392 e. The fraction of sp³-hybridized carbons (Fsp3) is 1.00. The molecule has 0 aromatic rings. The molecule has 0 aromatic carbocycles. The van der Waals surface area contributed by atoms with Crippen molar-refractivity contribution in [1.29, 1.82) is 0 Å². The van der Waals surface area contributed by atoms with E-state index in [9.17, 15) is 5.11 Å². The van der Waals surface area contributed by atoms with Gasteiger partial charge in [0, 0.05) is 77.4 Å². The maximum Gasteiger partial charge on any atom is 0.0710 e. The Labute approximate surface area is 420 Å². The lowest BCUT2D eigenvalue weighted by Crippen LogP contribution is -2.46. The Bertz CT molecular complexity index is 857. The van der Waals surface area contributed by atoms with Gasteiger partial charge < -0.3 is 14.6 Å². The SMILES string of the molecule is CC(O)C(C)SCCCOC(CCCSC(C)C(C)S)(CCCSC(C)C(C)S)CC(CCCSC(C)C(C)S)(CCCSC(C)C(C)S)OCCCSC(C)C(C)S. The summed E-state index contributed by atoms with van der Waals surface area (Å²) in [6, 6.07) is 0. The molecule has 356 valence electrons. The zero-order valence-corrected chi connectivity index (χ0v) is 48.7. The highest BCUT2D eigenvalue weighted by atomic mass is 32.2. The highest BCUT2D eigenvalue weighted by molar-refractivity contribution is 8.02. The van der Waals surface area contributed by atoms with Crippen molar-refractivity contribution in [2.75, 3.05) is 47.7 Å². The van der Waals surface area contributed by atoms with Gasteiger partial charge in [-0.15, -0.1) is 0 Å². The van der Waals surface area contributed by atoms with Crippen molar-refractivity contribution < 1.29 is 14.6 Å². The van der Waals surface area contributed by atoms with Crippen molar-refractivity contribution in [2.24, 2.45) is 0 Å². The number of ether oxygens (including phenoxy) is 2. The second-order valence-corrected chi connectivity index (χ2v) is 30.2. The molecule has 12 unspecified atom stereocenters. The number of aliphatic hydroxyl groups excluding tert-OH is 1. The monoisotopic (exact) mass is 1030 g/mol. The Hall–Kier alpha value is 3.73. The van der Waals surface area contributed by atoms with Crippen LogP contribution < -0.4 is 0 Å². The van der Waals surface area contributed by atoms with E-state index in [0.717, 1.165) is 118 Å². The molecule has 0 amide bonds. The third-order valence-corrected chi connectivity index (χ3v) is 23.5. The van der Waals surface area contributed by atoms with E-state index < -0.39 is 0 Å². The van der Waals surface area contributed by atoms with Crippen LogP contribution in [0, 0.1) is 0 Å². The van der Waals surface area contributed by atoms with Gasteiger partial charge in [-0.05, 0) is 106 Å². The molecule has 0 spiro atoms. The number of thioether (sulfide) groups is 6. The number of aliphatic hydroxyl groups is 1. The molecule has 0 saturated carbocycles. The van der Waals surface area contributed by atoms with Crippen LogP contribution in [0.25, 0.3) is 0 Å². The number of hydrogen-bond donors (Lipinski definition) is 6. The van der Waals surface area contributed by atoms with Crippen molar-refractivity contribution in [1.82, 2.24) is 0 Å². The Morgan fingerprint density at radius 3 is 0.814 bits per heavy atom. The summed E-state index contributed by atoms with van der Waals surface area (Å²) in [6.45, 7) is 28.2. The molecular weight excluding hydrogens is 941 g/mol. The molecule has 0 rings (SSSR count). The second-order valence-electron chi connectivity index (χ2n) is 17.3. The molecule has 0 heterocycles. The highest BCUT2D eigenvalue weighted by Gasteiger charge is 2.42. The predicted molar refractivity (Wildman–Crippen MR) is 304 cm³/mol. The Balaban J connectivity index is 6.95. The van der Waals surface area contributed by atoms with Crippen LogP contribution in [0.3, 0.4) is 0 Å². The summed E-state index contributed by atoms with van der Waals surface area (Å²) in [5.74, 6) is 6.54. The molecule has 3 nitrogen and oxygen atoms in total. The zero-order valence-electron chi connectivity index (χ0n) is 39.3. The maximum absolute atomic E-state index is 10.2. The molecule has 0 aromatic heterocycles. The molecule has 0 aliphatic carbocycles. The normalized spacial score (nSPS) is 20.6. The summed E-state index contributed by atoms with van der Waals surface area (Å²) in [5.41, 5.74) is -0.548. The van der Waals surface area contributed by atoms with Crippen molar-refractivity contribution in [3.05, 3.63) is 0 Å². The van der Waals surface area contributed by atoms with Crippen molar-refractivity contribution in [3.8, 4) is 0 Å². The van der Waals surface area contributed by atoms with E-state index >= 15 is 0 Å². The van der Waals surface area contributed by atoms with Gasteiger partial charge >= 0.3 is 0 Å². The second kappa shape index (κ2) is 36.7. The van der Waals surface area contributed by atoms with Crippen LogP contribution >= 0.6 is 134 Å². The molecule has 1 N–H and O–H groups in total. The third kappa shape index (κ3) is 31.4. The lowest BCUT2D eigenvalue weighted by Gasteiger charge is -2.44. The molecule has 14 heteroatoms. The van der Waals surface area contributed by atoms with Crippen LogP contribution in [-0.2, 0) is 9.47 Å². The number of hydrogen-bond acceptors (Lipinski definition) is 14. The third-order valence-electron chi connectivity index (χ3n) is 11.5. The van der Waals surface area contributed by atoms with Gasteiger partial charge in [0.25, 0.3) is 0 Å². The summed E-state index contributed by atoms with van der Waals surface area (Å²) in [4.78, 5) is 0. The fourth-order valence-corrected chi connectivity index (χ4v) is 13.3. The molecule has 0 fully saturated rings. The van der Waals surface area contributed by atoms with Gasteiger partial charge in [-0.2, -0.15) is 134 Å². The summed E-state index contributed by atoms with van der Waals surface area (Å²) in [7, 11) is 0. The Kier molecular flexibility index (Phi) is 39.1. The van der Waals surface area contributed by atoms with Gasteiger partial charge in [-0.25, -0.2) is 0 Å². The molecule has 0 aliphatic heterocycles. The van der Waals surface area contributed by atoms with Crippen LogP contribution in [0.2, 0.25) is 0 Å². The van der Waals surface area contributed by atoms with E-state index in [4.69, 9.17) is 72.6 Å². The lowest BCUT2D eigenvalue weighted by atomic mass is 9.76. The van der Waals surface area contributed by atoms with Gasteiger partial charge in [0.15, 0.2) is 0 Å². The minimum atomic E-state index is -0.311. The molecule has 0 saturated heterocycles. The summed E-state index contributed by atoms with van der Waals surface area (Å²) in [6.07, 6.45) is 11.3. The standard InChI is InChI=1S/C45H92O3S11/c1-32(46)38(7)54-29-17-23-47-44(19-13-25-55-39(8)33(2)49,20-14-26-56-40(9)34(3)50)31-45(21-15-27-57-41(10)35(4)51,22-16-28-58-42(11)36(5)52)48-24-18-30-59-43(12)37(6)53/h32-43,46,49-53H,13-31H2,1-12H3. The van der Waals surface area contributed by atoms with E-state index in [1.165, 1.54) is 0 Å². The number of thiol groups is 5. The van der Waals surface area contributed by atoms with Crippen LogP contribution in [-0.4, -0.2) is 128 Å². The first-order valence-corrected chi connectivity index (χ1v) is 31.6. The minimum Gasteiger partial charge on any atom is -0.392 e. The topological polar surface area (TPSA) is 38.7 Å². The lowest BCUT2D eigenvalue weighted by molar-refractivity contribution is -0.143. The van der Waals surface area contributed by atoms with E-state index in [-0.39, 0.29) is 22.6 Å². The van der Waals surface area contributed by atoms with Gasteiger partial charge in [0.05, 0.1) is 17.3 Å². The van der Waals surface area contributed by atoms with E-state index in [0.29, 0.717) is 52.5 Å². The Morgan fingerprint density at radius 2 is 0.593 bits per heavy atom. The molecule has 0 bridgehead atoms. The van der Waals surface area contributed by atoms with E-state index in [1.54, 1.807) is 0 Å². The molecule has 0 radical (unpaired) electrons. The van der Waals surface area contributed by atoms with Crippen LogP contribution in [0.4, 0.5) is 0 Å². The van der Waals surface area contributed by atoms with Crippen LogP contribution in [0.1, 0.15) is 154 Å². The van der Waals surface area contributed by atoms with Crippen molar-refractivity contribution in [3.63, 3.8) is 0 Å². The van der Waals surface area contributed by atoms with Crippen molar-refractivity contribution in [2.45, 2.75) is 229 Å². The first kappa shape index (κ1) is 62.7. The average molecular weight is 1030 g/mol. The van der Waals surface area contributed by atoms with Crippen molar-refractivity contribution >= 4 is 134 Å². The van der Waals surface area contributed by atoms with Gasteiger partial charge in [0.2, 0.25) is 0 Å². The zero-order chi connectivity index (χ0) is 45.0. The smallest absolute Gasteiger partial charge is 0.0710 e. The van der Waals surface area contributed by atoms with Gasteiger partial charge in [0.1, 0.15) is 0 Å². The highest BCUT2D eigenvalue weighted by Crippen LogP contribution is 2.42. The van der Waals surface area contributed by atoms with Gasteiger partial charge in [-0.3, -0.25) is 0 Å². The quantitative estimate of drug-likeness (QED) is 0.0266. The molecule has 59 heavy (non-hydrogen) atoms. The van der Waals surface area contributed by atoms with Crippen LogP contribution in [0.15, 0.2) is 0 Å². The number of rotatable bonds is 40. The fourth-order valence-electron chi connectivity index (χ4n) is 6.30. The predicted octanol–water partition coefficient (Wildman–Crippen LogP) is 14.5. The Morgan fingerprint density at radius 1 is 0.373 bits per heavy atom. The molecular formula is C45H92O3S11. The summed E-state index contributed by atoms with van der Waals surface area (Å²) >= 11 is 36.0.